The van der Waals surface area contributed by atoms with Crippen LogP contribution in [0.25, 0.3) is 0 Å². The molecule has 0 saturated carbocycles. The number of alkyl halides is 3. The summed E-state index contributed by atoms with van der Waals surface area (Å²) in [6.45, 7) is 1.07. The van der Waals surface area contributed by atoms with E-state index in [2.05, 4.69) is 5.32 Å². The molecule has 0 aliphatic rings. The van der Waals surface area contributed by atoms with Crippen molar-refractivity contribution in [3.8, 4) is 0 Å². The van der Waals surface area contributed by atoms with Gasteiger partial charge in [-0.3, -0.25) is 9.10 Å². The number of hydrogen-bond acceptors (Lipinski definition) is 3. The number of nitrogens with zero attached hydrogens (tertiary/aromatic N) is 1. The molecule has 32 heavy (non-hydrogen) atoms. The Kier molecular flexibility index (Phi) is 6.80. The van der Waals surface area contributed by atoms with E-state index in [1.165, 1.54) is 48.5 Å². The Labute approximate surface area is 188 Å². The molecule has 0 saturated heterocycles. The van der Waals surface area contributed by atoms with Crippen LogP contribution in [0.5, 0.6) is 0 Å². The monoisotopic (exact) mass is 482 g/mol. The van der Waals surface area contributed by atoms with Crippen LogP contribution < -0.4 is 9.62 Å². The molecule has 0 radical (unpaired) electrons. The third-order valence-electron chi connectivity index (χ3n) is 4.52. The minimum atomic E-state index is -4.68. The zero-order valence-corrected chi connectivity index (χ0v) is 18.3. The molecule has 10 heteroatoms. The largest absolute Gasteiger partial charge is 0.418 e. The van der Waals surface area contributed by atoms with Crippen molar-refractivity contribution in [2.24, 2.45) is 0 Å². The van der Waals surface area contributed by atoms with E-state index in [4.69, 9.17) is 11.6 Å². The fraction of sp³-hybridized carbons (Fsp3) is 0.136. The first-order valence-corrected chi connectivity index (χ1v) is 11.1. The molecule has 0 bridgehead atoms. The maximum Gasteiger partial charge on any atom is 0.418 e. The van der Waals surface area contributed by atoms with E-state index < -0.39 is 39.9 Å². The Hall–Kier alpha value is -3.04. The summed E-state index contributed by atoms with van der Waals surface area (Å²) in [4.78, 5) is 12.5. The smallest absolute Gasteiger partial charge is 0.324 e. The lowest BCUT2D eigenvalue weighted by Gasteiger charge is -2.24. The van der Waals surface area contributed by atoms with Gasteiger partial charge in [0.25, 0.3) is 10.0 Å². The number of sulfonamides is 1. The summed E-state index contributed by atoms with van der Waals surface area (Å²) < 4.78 is 67.1. The second kappa shape index (κ2) is 9.22. The van der Waals surface area contributed by atoms with Gasteiger partial charge in [-0.1, -0.05) is 41.4 Å². The number of benzene rings is 3. The quantitative estimate of drug-likeness (QED) is 0.504. The molecule has 0 heterocycles. The Morgan fingerprint density at radius 2 is 1.56 bits per heavy atom. The standard InChI is InChI=1S/C22H18ClF3N2O3S/c1-15-6-10-17(11-7-15)28(32(30,31)18-12-8-16(23)9-13-18)14-21(29)27-20-5-3-2-4-19(20)22(24,25)26/h2-13H,14H2,1H3,(H,27,29). The van der Waals surface area contributed by atoms with Gasteiger partial charge < -0.3 is 5.32 Å². The Morgan fingerprint density at radius 3 is 2.16 bits per heavy atom. The highest BCUT2D eigenvalue weighted by Gasteiger charge is 2.34. The topological polar surface area (TPSA) is 66.5 Å². The number of anilines is 2. The second-order valence-electron chi connectivity index (χ2n) is 6.89. The Morgan fingerprint density at radius 1 is 0.969 bits per heavy atom. The summed E-state index contributed by atoms with van der Waals surface area (Å²) in [5.41, 5.74) is -0.445. The van der Waals surface area contributed by atoms with Crippen molar-refractivity contribution >= 4 is 38.9 Å². The first kappa shape index (κ1) is 23.6. The second-order valence-corrected chi connectivity index (χ2v) is 9.19. The Bertz CT molecular complexity index is 1210. The molecular formula is C22H18ClF3N2O3S. The van der Waals surface area contributed by atoms with Gasteiger partial charge in [0.1, 0.15) is 6.54 Å². The van der Waals surface area contributed by atoms with Crippen LogP contribution in [0.1, 0.15) is 11.1 Å². The average molecular weight is 483 g/mol. The molecule has 0 aliphatic heterocycles. The molecule has 5 nitrogen and oxygen atoms in total. The summed E-state index contributed by atoms with van der Waals surface area (Å²) in [7, 11) is -4.22. The van der Waals surface area contributed by atoms with Crippen LogP contribution in [0.15, 0.2) is 77.7 Å². The van der Waals surface area contributed by atoms with Crippen molar-refractivity contribution in [3.05, 3.63) is 88.9 Å². The third kappa shape index (κ3) is 5.41. The minimum absolute atomic E-state index is 0.119. The highest BCUT2D eigenvalue weighted by molar-refractivity contribution is 7.92. The first-order valence-electron chi connectivity index (χ1n) is 9.29. The first-order chi connectivity index (χ1) is 15.0. The van der Waals surface area contributed by atoms with Gasteiger partial charge in [-0.25, -0.2) is 8.42 Å². The molecule has 3 rings (SSSR count). The zero-order chi connectivity index (χ0) is 23.5. The van der Waals surface area contributed by atoms with Crippen molar-refractivity contribution in [1.82, 2.24) is 0 Å². The predicted molar refractivity (Wildman–Crippen MR) is 117 cm³/mol. The molecule has 1 amide bonds. The highest BCUT2D eigenvalue weighted by Crippen LogP contribution is 2.34. The fourth-order valence-corrected chi connectivity index (χ4v) is 4.47. The van der Waals surface area contributed by atoms with Crippen LogP contribution >= 0.6 is 11.6 Å². The molecule has 0 spiro atoms. The maximum absolute atomic E-state index is 13.3. The number of hydrogen-bond donors (Lipinski definition) is 1. The van der Waals surface area contributed by atoms with E-state index in [1.807, 2.05) is 6.92 Å². The summed E-state index contributed by atoms with van der Waals surface area (Å²) >= 11 is 5.84. The molecule has 0 atom stereocenters. The molecule has 1 N–H and O–H groups in total. The van der Waals surface area contributed by atoms with Crippen LogP contribution in [-0.2, 0) is 21.0 Å². The fourth-order valence-electron chi connectivity index (χ4n) is 2.92. The van der Waals surface area contributed by atoms with Gasteiger partial charge in [0, 0.05) is 5.02 Å². The summed E-state index contributed by atoms with van der Waals surface area (Å²) in [5, 5.41) is 2.50. The molecule has 0 aliphatic carbocycles. The van der Waals surface area contributed by atoms with Crippen LogP contribution in [-0.4, -0.2) is 20.9 Å². The van der Waals surface area contributed by atoms with Gasteiger partial charge in [0.15, 0.2) is 0 Å². The Balaban J connectivity index is 1.96. The van der Waals surface area contributed by atoms with Crippen LogP contribution in [0.2, 0.25) is 5.02 Å². The van der Waals surface area contributed by atoms with Gasteiger partial charge in [-0.05, 0) is 55.5 Å². The molecule has 0 aromatic heterocycles. The number of nitrogens with one attached hydrogen (secondary N) is 1. The van der Waals surface area contributed by atoms with Gasteiger partial charge in [0.05, 0.1) is 21.8 Å². The number of amides is 1. The lowest BCUT2D eigenvalue weighted by molar-refractivity contribution is -0.137. The molecule has 3 aromatic rings. The number of carbonyl (C=O) groups excluding carboxylic acids is 1. The van der Waals surface area contributed by atoms with E-state index in [9.17, 15) is 26.4 Å². The minimum Gasteiger partial charge on any atom is -0.324 e. The molecule has 0 fully saturated rings. The zero-order valence-electron chi connectivity index (χ0n) is 16.7. The van der Waals surface area contributed by atoms with Gasteiger partial charge in [0.2, 0.25) is 5.91 Å². The van der Waals surface area contributed by atoms with Crippen molar-refractivity contribution < 1.29 is 26.4 Å². The van der Waals surface area contributed by atoms with E-state index in [1.54, 1.807) is 12.1 Å². The van der Waals surface area contributed by atoms with Crippen LogP contribution in [0.3, 0.4) is 0 Å². The summed E-state index contributed by atoms with van der Waals surface area (Å²) in [6.07, 6.45) is -4.68. The lowest BCUT2D eigenvalue weighted by atomic mass is 10.1. The van der Waals surface area contributed by atoms with Crippen LogP contribution in [0.4, 0.5) is 24.5 Å². The molecule has 3 aromatic carbocycles. The van der Waals surface area contributed by atoms with Crippen molar-refractivity contribution in [1.29, 1.82) is 0 Å². The number of rotatable bonds is 6. The normalized spacial score (nSPS) is 11.8. The SMILES string of the molecule is Cc1ccc(N(CC(=O)Nc2ccccc2C(F)(F)F)S(=O)(=O)c2ccc(Cl)cc2)cc1. The number of carbonyl (C=O) groups is 1. The van der Waals surface area contributed by atoms with Gasteiger partial charge >= 0.3 is 6.18 Å². The summed E-state index contributed by atoms with van der Waals surface area (Å²) in [6, 6.07) is 16.2. The summed E-state index contributed by atoms with van der Waals surface area (Å²) in [5.74, 6) is -0.931. The predicted octanol–water partition coefficient (Wildman–Crippen LogP) is 5.50. The number of aryl methyl sites for hydroxylation is 1. The molecule has 168 valence electrons. The van der Waals surface area contributed by atoms with E-state index in [0.29, 0.717) is 5.02 Å². The van der Waals surface area contributed by atoms with E-state index in [-0.39, 0.29) is 10.6 Å². The van der Waals surface area contributed by atoms with Gasteiger partial charge in [-0.15, -0.1) is 0 Å². The van der Waals surface area contributed by atoms with E-state index in [0.717, 1.165) is 22.0 Å². The van der Waals surface area contributed by atoms with Crippen molar-refractivity contribution in [2.45, 2.75) is 18.0 Å². The number of para-hydroxylation sites is 1. The number of halogens is 4. The highest BCUT2D eigenvalue weighted by atomic mass is 35.5. The third-order valence-corrected chi connectivity index (χ3v) is 6.56. The lowest BCUT2D eigenvalue weighted by Crippen LogP contribution is -2.38. The maximum atomic E-state index is 13.3. The van der Waals surface area contributed by atoms with Crippen LogP contribution in [0, 0.1) is 6.92 Å². The van der Waals surface area contributed by atoms with Crippen molar-refractivity contribution in [2.75, 3.05) is 16.2 Å². The molecular weight excluding hydrogens is 465 g/mol. The van der Waals surface area contributed by atoms with Crippen molar-refractivity contribution in [3.63, 3.8) is 0 Å². The van der Waals surface area contributed by atoms with E-state index >= 15 is 0 Å². The molecule has 0 unspecified atom stereocenters. The van der Waals surface area contributed by atoms with Gasteiger partial charge in [-0.2, -0.15) is 13.2 Å². The average Bonchev–Trinajstić information content (AvgIpc) is 2.72.